The molecule has 0 saturated carbocycles. The molecule has 0 saturated heterocycles. The Kier molecular flexibility index (Phi) is 2.97. The van der Waals surface area contributed by atoms with Crippen molar-refractivity contribution < 1.29 is 0 Å². The monoisotopic (exact) mass is 312 g/mol. The highest BCUT2D eigenvalue weighted by Crippen LogP contribution is 2.34. The summed E-state index contributed by atoms with van der Waals surface area (Å²) in [6.07, 6.45) is 1.85. The summed E-state index contributed by atoms with van der Waals surface area (Å²) in [5.41, 5.74) is 5.50. The molecule has 2 heterocycles. The van der Waals surface area contributed by atoms with Gasteiger partial charge in [-0.3, -0.25) is 4.98 Å². The van der Waals surface area contributed by atoms with Crippen LogP contribution < -0.4 is 10.4 Å². The Bertz CT molecular complexity index is 953. The van der Waals surface area contributed by atoms with Crippen molar-refractivity contribution in [3.05, 3.63) is 72.2 Å². The zero-order valence-corrected chi connectivity index (χ0v) is 14.2. The molecule has 0 atom stereocenters. The molecule has 3 heteroatoms. The summed E-state index contributed by atoms with van der Waals surface area (Å²) in [6.45, 7) is 12.1. The van der Waals surface area contributed by atoms with Crippen LogP contribution in [0.15, 0.2) is 60.8 Å². The zero-order chi connectivity index (χ0) is 16.0. The molecule has 0 N–H and O–H groups in total. The lowest BCUT2D eigenvalue weighted by molar-refractivity contribution is 1.33. The van der Waals surface area contributed by atoms with Gasteiger partial charge in [0, 0.05) is 11.8 Å². The van der Waals surface area contributed by atoms with Crippen LogP contribution in [0.2, 0.25) is 13.1 Å². The van der Waals surface area contributed by atoms with Gasteiger partial charge in [0.05, 0.1) is 12.3 Å². The van der Waals surface area contributed by atoms with Crippen LogP contribution in [0.1, 0.15) is 0 Å². The molecular weight excluding hydrogens is 296 g/mol. The Morgan fingerprint density at radius 1 is 0.913 bits per heavy atom. The van der Waals surface area contributed by atoms with Gasteiger partial charge in [-0.2, -0.15) is 0 Å². The molecule has 3 aromatic rings. The lowest BCUT2D eigenvalue weighted by Crippen LogP contribution is -2.50. The molecule has 0 bridgehead atoms. The lowest BCUT2D eigenvalue weighted by Gasteiger charge is -2.21. The molecule has 0 aliphatic carbocycles. The van der Waals surface area contributed by atoms with Crippen LogP contribution in [0.4, 0.5) is 5.69 Å². The first-order valence-corrected chi connectivity index (χ1v) is 10.7. The molecule has 0 spiro atoms. The molecule has 2 nitrogen and oxygen atoms in total. The number of hydrogen-bond donors (Lipinski definition) is 0. The predicted octanol–water partition coefficient (Wildman–Crippen LogP) is 4.10. The average Bonchev–Trinajstić information content (AvgIpc) is 2.83. The number of benzene rings is 2. The maximum Gasteiger partial charge on any atom is 0.187 e. The second-order valence-corrected chi connectivity index (χ2v) is 10.7. The Morgan fingerprint density at radius 2 is 1.74 bits per heavy atom. The Labute approximate surface area is 137 Å². The second-order valence-electron chi connectivity index (χ2n) is 6.41. The molecule has 0 unspecified atom stereocenters. The van der Waals surface area contributed by atoms with E-state index in [4.69, 9.17) is 6.57 Å². The smallest absolute Gasteiger partial charge is 0.187 e. The van der Waals surface area contributed by atoms with E-state index in [0.717, 1.165) is 5.69 Å². The van der Waals surface area contributed by atoms with E-state index >= 15 is 0 Å². The third kappa shape index (κ3) is 1.96. The van der Waals surface area contributed by atoms with Crippen molar-refractivity contribution in [2.24, 2.45) is 0 Å². The lowest BCUT2D eigenvalue weighted by atomic mass is 10.0. The van der Waals surface area contributed by atoms with Crippen molar-refractivity contribution in [3.8, 4) is 22.4 Å². The fourth-order valence-electron chi connectivity index (χ4n) is 3.69. The van der Waals surface area contributed by atoms with Gasteiger partial charge in [-0.25, -0.2) is 4.85 Å². The zero-order valence-electron chi connectivity index (χ0n) is 13.2. The largest absolute Gasteiger partial charge is 0.256 e. The van der Waals surface area contributed by atoms with Gasteiger partial charge in [0.15, 0.2) is 5.69 Å². The third-order valence-electron chi connectivity index (χ3n) is 4.73. The van der Waals surface area contributed by atoms with Gasteiger partial charge < -0.3 is 0 Å². The van der Waals surface area contributed by atoms with Gasteiger partial charge in [0.1, 0.15) is 8.07 Å². The minimum atomic E-state index is -1.79. The summed E-state index contributed by atoms with van der Waals surface area (Å²) in [5, 5.41) is 2.86. The van der Waals surface area contributed by atoms with Gasteiger partial charge in [-0.15, -0.1) is 0 Å². The Hall–Kier alpha value is -2.70. The summed E-state index contributed by atoms with van der Waals surface area (Å²) in [6, 6.07) is 18.7. The Balaban J connectivity index is 2.05. The highest BCUT2D eigenvalue weighted by atomic mass is 28.3. The van der Waals surface area contributed by atoms with Crippen LogP contribution in [0.3, 0.4) is 0 Å². The fraction of sp³-hybridized carbons (Fsp3) is 0.100. The molecule has 0 fully saturated rings. The molecule has 23 heavy (non-hydrogen) atoms. The number of fused-ring (bicyclic) bond motifs is 3. The first-order valence-electron chi connectivity index (χ1n) is 7.70. The van der Waals surface area contributed by atoms with Crippen molar-refractivity contribution in [1.82, 2.24) is 4.98 Å². The number of aromatic nitrogens is 1. The van der Waals surface area contributed by atoms with Gasteiger partial charge in [0.2, 0.25) is 0 Å². The number of pyridine rings is 1. The van der Waals surface area contributed by atoms with Gasteiger partial charge >= 0.3 is 0 Å². The second kappa shape index (κ2) is 4.90. The standard InChI is InChI=1S/C20H16N2Si/c1-21-14-10-11-19-17(13-14)15-7-6-8-16(20(15)23(19,2)3)18-9-4-5-12-22-18/h4-13H,2-3H3. The SMILES string of the molecule is [C-]#[N+]c1ccc2c(c1)-c1cccc(-c3ccccn3)c1[Si]2(C)C. The first kappa shape index (κ1) is 13.9. The van der Waals surface area contributed by atoms with Crippen LogP contribution in [-0.4, -0.2) is 13.1 Å². The van der Waals surface area contributed by atoms with E-state index in [0.29, 0.717) is 5.69 Å². The minimum absolute atomic E-state index is 0.713. The van der Waals surface area contributed by atoms with Gasteiger partial charge in [-0.1, -0.05) is 49.5 Å². The molecule has 1 aliphatic rings. The van der Waals surface area contributed by atoms with Crippen LogP contribution in [-0.2, 0) is 0 Å². The number of rotatable bonds is 1. The number of hydrogen-bond acceptors (Lipinski definition) is 1. The van der Waals surface area contributed by atoms with E-state index in [1.54, 1.807) is 0 Å². The van der Waals surface area contributed by atoms with Gasteiger partial charge in [-0.05, 0) is 39.7 Å². The van der Waals surface area contributed by atoms with Crippen LogP contribution >= 0.6 is 0 Å². The van der Waals surface area contributed by atoms with E-state index < -0.39 is 8.07 Å². The van der Waals surface area contributed by atoms with E-state index in [1.807, 2.05) is 30.5 Å². The quantitative estimate of drug-likeness (QED) is 0.488. The third-order valence-corrected chi connectivity index (χ3v) is 8.30. The van der Waals surface area contributed by atoms with Crippen molar-refractivity contribution in [2.45, 2.75) is 13.1 Å². The average molecular weight is 312 g/mol. The maximum absolute atomic E-state index is 7.29. The van der Waals surface area contributed by atoms with Crippen LogP contribution in [0, 0.1) is 6.57 Å². The van der Waals surface area contributed by atoms with Crippen molar-refractivity contribution in [2.75, 3.05) is 0 Å². The fourth-order valence-corrected chi connectivity index (χ4v) is 7.12. The van der Waals surface area contributed by atoms with Crippen LogP contribution in [0.25, 0.3) is 27.2 Å². The van der Waals surface area contributed by atoms with E-state index in [2.05, 4.69) is 53.3 Å². The normalized spacial score (nSPS) is 14.0. The summed E-state index contributed by atoms with van der Waals surface area (Å²) < 4.78 is 0. The van der Waals surface area contributed by atoms with Crippen molar-refractivity contribution in [3.63, 3.8) is 0 Å². The first-order chi connectivity index (χ1) is 11.1. The molecule has 4 rings (SSSR count). The predicted molar refractivity (Wildman–Crippen MR) is 98.1 cm³/mol. The number of nitrogens with zero attached hydrogens (tertiary/aromatic N) is 2. The molecular formula is C20H16N2Si. The summed E-state index contributed by atoms with van der Waals surface area (Å²) in [7, 11) is -1.79. The minimum Gasteiger partial charge on any atom is -0.256 e. The molecule has 110 valence electrons. The van der Waals surface area contributed by atoms with E-state index in [1.165, 1.54) is 27.1 Å². The maximum atomic E-state index is 7.29. The summed E-state index contributed by atoms with van der Waals surface area (Å²) >= 11 is 0. The molecule has 0 radical (unpaired) electrons. The summed E-state index contributed by atoms with van der Waals surface area (Å²) in [4.78, 5) is 8.16. The molecule has 1 aromatic heterocycles. The van der Waals surface area contributed by atoms with E-state index in [-0.39, 0.29) is 0 Å². The summed E-state index contributed by atoms with van der Waals surface area (Å²) in [5.74, 6) is 0. The molecule has 1 aliphatic heterocycles. The van der Waals surface area contributed by atoms with Gasteiger partial charge in [0.25, 0.3) is 0 Å². The topological polar surface area (TPSA) is 17.2 Å². The van der Waals surface area contributed by atoms with Crippen molar-refractivity contribution in [1.29, 1.82) is 0 Å². The molecule has 0 amide bonds. The van der Waals surface area contributed by atoms with Crippen LogP contribution in [0.5, 0.6) is 0 Å². The van der Waals surface area contributed by atoms with Crippen molar-refractivity contribution >= 4 is 24.1 Å². The molecule has 2 aromatic carbocycles. The highest BCUT2D eigenvalue weighted by molar-refractivity contribution is 7.04. The highest BCUT2D eigenvalue weighted by Gasteiger charge is 2.39. The van der Waals surface area contributed by atoms with E-state index in [9.17, 15) is 0 Å². The Morgan fingerprint density at radius 3 is 2.48 bits per heavy atom.